The van der Waals surface area contributed by atoms with Gasteiger partial charge in [0.15, 0.2) is 0 Å². The Morgan fingerprint density at radius 1 is 1.24 bits per heavy atom. The first-order chi connectivity index (χ1) is 12.0. The minimum absolute atomic E-state index is 0.0164. The van der Waals surface area contributed by atoms with Crippen LogP contribution in [0.25, 0.3) is 0 Å². The van der Waals surface area contributed by atoms with Crippen LogP contribution in [0.2, 0.25) is 15.2 Å². The SMILES string of the molecule is O=C(NCCc1ccc(Cl)cc1Cl)C1CCCN1c1cc(Cl)ncn1. The highest BCUT2D eigenvalue weighted by Gasteiger charge is 2.31. The van der Waals surface area contributed by atoms with Crippen LogP contribution >= 0.6 is 34.8 Å². The Hall–Kier alpha value is -1.56. The van der Waals surface area contributed by atoms with E-state index in [2.05, 4.69) is 15.3 Å². The van der Waals surface area contributed by atoms with Gasteiger partial charge < -0.3 is 10.2 Å². The Labute approximate surface area is 161 Å². The standard InChI is InChI=1S/C17H17Cl3N4O/c18-12-4-3-11(13(19)8-12)5-6-21-17(25)14-2-1-7-24(14)16-9-15(20)22-10-23-16/h3-4,8-10,14H,1-2,5-7H2,(H,21,25). The second kappa shape index (κ2) is 8.21. The molecule has 0 spiro atoms. The highest BCUT2D eigenvalue weighted by atomic mass is 35.5. The zero-order chi connectivity index (χ0) is 17.8. The molecule has 1 atom stereocenters. The molecule has 1 amide bonds. The smallest absolute Gasteiger partial charge is 0.242 e. The van der Waals surface area contributed by atoms with Crippen molar-refractivity contribution in [3.8, 4) is 0 Å². The highest BCUT2D eigenvalue weighted by Crippen LogP contribution is 2.25. The Kier molecular flexibility index (Phi) is 5.99. The van der Waals surface area contributed by atoms with Crippen LogP contribution in [-0.4, -0.2) is 35.0 Å². The lowest BCUT2D eigenvalue weighted by Crippen LogP contribution is -2.44. The van der Waals surface area contributed by atoms with Crippen LogP contribution in [0.3, 0.4) is 0 Å². The topological polar surface area (TPSA) is 58.1 Å². The fraction of sp³-hybridized carbons (Fsp3) is 0.353. The van der Waals surface area contributed by atoms with Crippen molar-refractivity contribution in [3.05, 3.63) is 51.4 Å². The van der Waals surface area contributed by atoms with E-state index >= 15 is 0 Å². The first-order valence-corrected chi connectivity index (χ1v) is 9.14. The van der Waals surface area contributed by atoms with Gasteiger partial charge in [0.05, 0.1) is 0 Å². The van der Waals surface area contributed by atoms with Gasteiger partial charge in [-0.25, -0.2) is 9.97 Å². The molecule has 1 saturated heterocycles. The van der Waals surface area contributed by atoms with Crippen molar-refractivity contribution in [1.29, 1.82) is 0 Å². The third kappa shape index (κ3) is 4.54. The van der Waals surface area contributed by atoms with Crippen molar-refractivity contribution in [2.45, 2.75) is 25.3 Å². The van der Waals surface area contributed by atoms with Gasteiger partial charge in [-0.2, -0.15) is 0 Å². The van der Waals surface area contributed by atoms with Crippen molar-refractivity contribution in [3.63, 3.8) is 0 Å². The van der Waals surface area contributed by atoms with E-state index < -0.39 is 0 Å². The Morgan fingerprint density at radius 2 is 2.08 bits per heavy atom. The van der Waals surface area contributed by atoms with Crippen LogP contribution in [0.1, 0.15) is 18.4 Å². The summed E-state index contributed by atoms with van der Waals surface area (Å²) < 4.78 is 0. The molecule has 0 saturated carbocycles. The maximum Gasteiger partial charge on any atom is 0.242 e. The lowest BCUT2D eigenvalue weighted by atomic mass is 10.1. The molecule has 1 aliphatic rings. The third-order valence-electron chi connectivity index (χ3n) is 4.18. The molecule has 8 heteroatoms. The van der Waals surface area contributed by atoms with Crippen LogP contribution in [0.5, 0.6) is 0 Å². The monoisotopic (exact) mass is 398 g/mol. The number of anilines is 1. The Morgan fingerprint density at radius 3 is 2.84 bits per heavy atom. The molecule has 1 aliphatic heterocycles. The average Bonchev–Trinajstić information content (AvgIpc) is 3.06. The molecule has 1 unspecified atom stereocenters. The number of amides is 1. The van der Waals surface area contributed by atoms with Crippen LogP contribution in [0, 0.1) is 0 Å². The van der Waals surface area contributed by atoms with Gasteiger partial charge in [-0.05, 0) is 37.0 Å². The van der Waals surface area contributed by atoms with Crippen LogP contribution in [-0.2, 0) is 11.2 Å². The van der Waals surface area contributed by atoms with Crippen LogP contribution < -0.4 is 10.2 Å². The molecule has 2 heterocycles. The van der Waals surface area contributed by atoms with E-state index in [-0.39, 0.29) is 11.9 Å². The number of aromatic nitrogens is 2. The summed E-state index contributed by atoms with van der Waals surface area (Å²) in [5.41, 5.74) is 0.956. The summed E-state index contributed by atoms with van der Waals surface area (Å²) in [7, 11) is 0. The predicted octanol–water partition coefficient (Wildman–Crippen LogP) is 3.76. The fourth-order valence-corrected chi connectivity index (χ4v) is 3.60. The van der Waals surface area contributed by atoms with E-state index in [1.54, 1.807) is 18.2 Å². The minimum atomic E-state index is -0.244. The highest BCUT2D eigenvalue weighted by molar-refractivity contribution is 6.35. The third-order valence-corrected chi connectivity index (χ3v) is 4.97. The first-order valence-electron chi connectivity index (χ1n) is 8.00. The summed E-state index contributed by atoms with van der Waals surface area (Å²) in [6, 6.07) is 6.81. The molecule has 0 radical (unpaired) electrons. The van der Waals surface area contributed by atoms with Gasteiger partial charge in [-0.15, -0.1) is 0 Å². The quantitative estimate of drug-likeness (QED) is 0.778. The van der Waals surface area contributed by atoms with Gasteiger partial charge in [0.25, 0.3) is 0 Å². The molecule has 1 aromatic carbocycles. The number of carbonyl (C=O) groups excluding carboxylic acids is 1. The summed E-state index contributed by atoms with van der Waals surface area (Å²) in [6.45, 7) is 1.28. The summed E-state index contributed by atoms with van der Waals surface area (Å²) in [5.74, 6) is 0.663. The summed E-state index contributed by atoms with van der Waals surface area (Å²) in [6.07, 6.45) is 3.78. The molecule has 3 rings (SSSR count). The molecule has 25 heavy (non-hydrogen) atoms. The van der Waals surface area contributed by atoms with Gasteiger partial charge in [0.2, 0.25) is 5.91 Å². The van der Waals surface area contributed by atoms with E-state index in [0.29, 0.717) is 34.0 Å². The van der Waals surface area contributed by atoms with Crippen LogP contribution in [0.15, 0.2) is 30.6 Å². The number of hydrogen-bond acceptors (Lipinski definition) is 4. The Balaban J connectivity index is 1.58. The second-order valence-electron chi connectivity index (χ2n) is 5.83. The predicted molar refractivity (Wildman–Crippen MR) is 101 cm³/mol. The molecule has 132 valence electrons. The van der Waals surface area contributed by atoms with E-state index in [1.807, 2.05) is 11.0 Å². The van der Waals surface area contributed by atoms with E-state index in [0.717, 1.165) is 24.9 Å². The van der Waals surface area contributed by atoms with Gasteiger partial charge >= 0.3 is 0 Å². The van der Waals surface area contributed by atoms with Gasteiger partial charge in [0, 0.05) is 29.2 Å². The van der Waals surface area contributed by atoms with Crippen molar-refractivity contribution < 1.29 is 4.79 Å². The van der Waals surface area contributed by atoms with Crippen molar-refractivity contribution in [2.24, 2.45) is 0 Å². The van der Waals surface area contributed by atoms with Gasteiger partial charge in [-0.3, -0.25) is 4.79 Å². The molecule has 0 bridgehead atoms. The number of nitrogens with one attached hydrogen (secondary N) is 1. The van der Waals surface area contributed by atoms with Crippen molar-refractivity contribution >= 4 is 46.5 Å². The molecular weight excluding hydrogens is 383 g/mol. The van der Waals surface area contributed by atoms with Crippen LogP contribution in [0.4, 0.5) is 5.82 Å². The lowest BCUT2D eigenvalue weighted by molar-refractivity contribution is -0.122. The Bertz CT molecular complexity index is 771. The minimum Gasteiger partial charge on any atom is -0.354 e. The first kappa shape index (κ1) is 18.2. The van der Waals surface area contributed by atoms with E-state index in [4.69, 9.17) is 34.8 Å². The molecule has 1 fully saturated rings. The zero-order valence-electron chi connectivity index (χ0n) is 13.4. The normalized spacial score (nSPS) is 16.9. The second-order valence-corrected chi connectivity index (χ2v) is 7.06. The molecule has 2 aromatic rings. The fourth-order valence-electron chi connectivity index (χ4n) is 2.96. The van der Waals surface area contributed by atoms with Crippen molar-refractivity contribution in [1.82, 2.24) is 15.3 Å². The van der Waals surface area contributed by atoms with Gasteiger partial charge in [0.1, 0.15) is 23.3 Å². The zero-order valence-corrected chi connectivity index (χ0v) is 15.7. The number of benzene rings is 1. The maximum atomic E-state index is 12.6. The molecule has 1 aromatic heterocycles. The number of rotatable bonds is 5. The molecule has 1 N–H and O–H groups in total. The van der Waals surface area contributed by atoms with E-state index in [9.17, 15) is 4.79 Å². The maximum absolute atomic E-state index is 12.6. The summed E-state index contributed by atoms with van der Waals surface area (Å²) in [5, 5.41) is 4.56. The largest absolute Gasteiger partial charge is 0.354 e. The lowest BCUT2D eigenvalue weighted by Gasteiger charge is -2.24. The number of halogens is 3. The van der Waals surface area contributed by atoms with E-state index in [1.165, 1.54) is 6.33 Å². The number of nitrogens with zero attached hydrogens (tertiary/aromatic N) is 3. The number of carbonyl (C=O) groups is 1. The number of hydrogen-bond donors (Lipinski definition) is 1. The van der Waals surface area contributed by atoms with Crippen molar-refractivity contribution in [2.75, 3.05) is 18.0 Å². The summed E-state index contributed by atoms with van der Waals surface area (Å²) in [4.78, 5) is 22.6. The molecule has 5 nitrogen and oxygen atoms in total. The molecule has 0 aliphatic carbocycles. The average molecular weight is 400 g/mol. The van der Waals surface area contributed by atoms with Gasteiger partial charge in [-0.1, -0.05) is 40.9 Å². The molecular formula is C17H17Cl3N4O. The summed E-state index contributed by atoms with van der Waals surface area (Å²) >= 11 is 18.0.